The van der Waals surface area contributed by atoms with Gasteiger partial charge in [-0.1, -0.05) is 0 Å². The first-order chi connectivity index (χ1) is 6.75. The molecule has 0 amide bonds. The molecular formula is C10H11N3S. The third kappa shape index (κ3) is 1.10. The normalized spacial score (nSPS) is 16.4. The quantitative estimate of drug-likeness (QED) is 0.778. The number of nitrogens with two attached hydrogens (primary N) is 1. The van der Waals surface area contributed by atoms with Crippen LogP contribution < -0.4 is 5.73 Å². The first-order valence-corrected chi connectivity index (χ1v) is 5.59. The van der Waals surface area contributed by atoms with Crippen LogP contribution in [0.2, 0.25) is 0 Å². The summed E-state index contributed by atoms with van der Waals surface area (Å²) < 4.78 is 1.20. The van der Waals surface area contributed by atoms with Gasteiger partial charge in [0.1, 0.15) is 0 Å². The van der Waals surface area contributed by atoms with Crippen molar-refractivity contribution in [3.05, 3.63) is 16.8 Å². The maximum absolute atomic E-state index is 5.95. The summed E-state index contributed by atoms with van der Waals surface area (Å²) in [6.45, 7) is 2.01. The fourth-order valence-electron chi connectivity index (χ4n) is 1.80. The Morgan fingerprint density at radius 3 is 3.00 bits per heavy atom. The first-order valence-electron chi connectivity index (χ1n) is 4.77. The van der Waals surface area contributed by atoms with Crippen LogP contribution in [-0.4, -0.2) is 9.97 Å². The van der Waals surface area contributed by atoms with E-state index in [9.17, 15) is 0 Å². The number of rotatable bonds is 1. The molecule has 2 heterocycles. The number of nitrogen functional groups attached to an aromatic ring is 1. The van der Waals surface area contributed by atoms with E-state index in [4.69, 9.17) is 5.73 Å². The van der Waals surface area contributed by atoms with Crippen molar-refractivity contribution in [1.29, 1.82) is 0 Å². The smallest absolute Gasteiger partial charge is 0.170 e. The molecule has 0 bridgehead atoms. The largest absolute Gasteiger partial charge is 0.397 e. The zero-order valence-electron chi connectivity index (χ0n) is 7.95. The van der Waals surface area contributed by atoms with E-state index in [1.54, 1.807) is 17.5 Å². The van der Waals surface area contributed by atoms with Crippen LogP contribution in [0, 0.1) is 6.92 Å². The van der Waals surface area contributed by atoms with Gasteiger partial charge in [0.25, 0.3) is 0 Å². The Bertz CT molecular complexity index is 499. The molecule has 0 radical (unpaired) electrons. The molecule has 2 N–H and O–H groups in total. The molecule has 0 aromatic carbocycles. The predicted molar refractivity (Wildman–Crippen MR) is 58.5 cm³/mol. The van der Waals surface area contributed by atoms with Gasteiger partial charge in [0.2, 0.25) is 0 Å². The number of fused-ring (bicyclic) bond motifs is 1. The summed E-state index contributed by atoms with van der Waals surface area (Å²) in [4.78, 5) is 8.62. The number of anilines is 1. The molecule has 0 unspecified atom stereocenters. The Morgan fingerprint density at radius 1 is 1.50 bits per heavy atom. The minimum absolute atomic E-state index is 0.667. The minimum Gasteiger partial charge on any atom is -0.397 e. The fraction of sp³-hybridized carbons (Fsp3) is 0.400. The monoisotopic (exact) mass is 205 g/mol. The maximum atomic E-state index is 5.95. The van der Waals surface area contributed by atoms with Gasteiger partial charge in [0, 0.05) is 5.56 Å². The van der Waals surface area contributed by atoms with Crippen LogP contribution in [0.4, 0.5) is 5.69 Å². The predicted octanol–water partition coefficient (Wildman–Crippen LogP) is 2.46. The number of aryl methyl sites for hydroxylation is 1. The van der Waals surface area contributed by atoms with Gasteiger partial charge in [0.05, 0.1) is 21.6 Å². The van der Waals surface area contributed by atoms with Crippen LogP contribution in [0.3, 0.4) is 0 Å². The molecule has 1 aliphatic rings. The lowest BCUT2D eigenvalue weighted by Crippen LogP contribution is -1.94. The van der Waals surface area contributed by atoms with Gasteiger partial charge in [-0.25, -0.2) is 9.97 Å². The van der Waals surface area contributed by atoms with Gasteiger partial charge in [-0.05, 0) is 25.7 Å². The van der Waals surface area contributed by atoms with Crippen LogP contribution in [0.1, 0.15) is 29.3 Å². The highest BCUT2D eigenvalue weighted by Crippen LogP contribution is 2.46. The summed E-state index contributed by atoms with van der Waals surface area (Å²) in [6, 6.07) is 0. The Hall–Kier alpha value is -1.16. The van der Waals surface area contributed by atoms with E-state index in [1.165, 1.54) is 23.1 Å². The lowest BCUT2D eigenvalue weighted by molar-refractivity contribution is 1.14. The van der Waals surface area contributed by atoms with Gasteiger partial charge < -0.3 is 5.73 Å². The Morgan fingerprint density at radius 2 is 2.29 bits per heavy atom. The van der Waals surface area contributed by atoms with E-state index < -0.39 is 0 Å². The van der Waals surface area contributed by atoms with E-state index in [0.29, 0.717) is 5.92 Å². The van der Waals surface area contributed by atoms with Crippen molar-refractivity contribution in [2.24, 2.45) is 0 Å². The van der Waals surface area contributed by atoms with E-state index in [2.05, 4.69) is 9.97 Å². The summed E-state index contributed by atoms with van der Waals surface area (Å²) in [5.74, 6) is 0.667. The van der Waals surface area contributed by atoms with Crippen molar-refractivity contribution >= 4 is 27.4 Å². The highest BCUT2D eigenvalue weighted by molar-refractivity contribution is 7.18. The number of nitrogens with zero attached hydrogens (tertiary/aromatic N) is 2. The molecule has 14 heavy (non-hydrogen) atoms. The van der Waals surface area contributed by atoms with Crippen LogP contribution >= 0.6 is 11.3 Å². The number of hydrogen-bond acceptors (Lipinski definition) is 4. The average Bonchev–Trinajstić information content (AvgIpc) is 2.88. The van der Waals surface area contributed by atoms with E-state index in [1.807, 2.05) is 6.92 Å². The average molecular weight is 205 g/mol. The maximum Gasteiger partial charge on any atom is 0.170 e. The highest BCUT2D eigenvalue weighted by atomic mass is 32.1. The summed E-state index contributed by atoms with van der Waals surface area (Å²) in [5, 5.41) is 1.07. The van der Waals surface area contributed by atoms with Crippen LogP contribution in [0.15, 0.2) is 6.20 Å². The van der Waals surface area contributed by atoms with Crippen molar-refractivity contribution in [3.8, 4) is 0 Å². The first kappa shape index (κ1) is 8.17. The van der Waals surface area contributed by atoms with Crippen LogP contribution in [-0.2, 0) is 0 Å². The van der Waals surface area contributed by atoms with E-state index in [-0.39, 0.29) is 0 Å². The van der Waals surface area contributed by atoms with Crippen molar-refractivity contribution < 1.29 is 0 Å². The molecule has 3 rings (SSSR count). The fourth-order valence-corrected chi connectivity index (χ4v) is 2.82. The lowest BCUT2D eigenvalue weighted by Gasteiger charge is -2.02. The SMILES string of the molecule is Cc1nc2ncc(N)c(C3CC3)c2s1. The number of pyridine rings is 1. The van der Waals surface area contributed by atoms with Gasteiger partial charge >= 0.3 is 0 Å². The standard InChI is InChI=1S/C10H11N3S/c1-5-13-10-9(14-5)8(6-2-3-6)7(11)4-12-10/h4,6H,2-3,11H2,1H3. The number of hydrogen-bond donors (Lipinski definition) is 1. The molecule has 0 aliphatic heterocycles. The van der Waals surface area contributed by atoms with Crippen molar-refractivity contribution in [3.63, 3.8) is 0 Å². The topological polar surface area (TPSA) is 51.8 Å². The van der Waals surface area contributed by atoms with Crippen LogP contribution in [0.5, 0.6) is 0 Å². The van der Waals surface area contributed by atoms with E-state index >= 15 is 0 Å². The lowest BCUT2D eigenvalue weighted by atomic mass is 10.1. The molecule has 2 aromatic rings. The summed E-state index contributed by atoms with van der Waals surface area (Å²) in [6.07, 6.45) is 4.27. The summed E-state index contributed by atoms with van der Waals surface area (Å²) in [5.41, 5.74) is 8.95. The number of aromatic nitrogens is 2. The Labute approximate surface area is 86.0 Å². The van der Waals surface area contributed by atoms with Gasteiger partial charge in [0.15, 0.2) is 5.65 Å². The van der Waals surface area contributed by atoms with Crippen LogP contribution in [0.25, 0.3) is 10.3 Å². The molecule has 72 valence electrons. The highest BCUT2D eigenvalue weighted by Gasteiger charge is 2.28. The minimum atomic E-state index is 0.667. The molecule has 0 atom stereocenters. The van der Waals surface area contributed by atoms with E-state index in [0.717, 1.165) is 16.3 Å². The second-order valence-electron chi connectivity index (χ2n) is 3.79. The van der Waals surface area contributed by atoms with Gasteiger partial charge in [-0.15, -0.1) is 11.3 Å². The van der Waals surface area contributed by atoms with Crippen molar-refractivity contribution in [2.75, 3.05) is 5.73 Å². The number of thiazole rings is 1. The van der Waals surface area contributed by atoms with Gasteiger partial charge in [-0.3, -0.25) is 0 Å². The molecule has 1 aliphatic carbocycles. The zero-order chi connectivity index (χ0) is 9.71. The zero-order valence-corrected chi connectivity index (χ0v) is 8.77. The van der Waals surface area contributed by atoms with Crippen molar-refractivity contribution in [1.82, 2.24) is 9.97 Å². The molecule has 1 saturated carbocycles. The third-order valence-electron chi connectivity index (χ3n) is 2.58. The molecular weight excluding hydrogens is 194 g/mol. The Balaban J connectivity index is 2.35. The molecule has 0 spiro atoms. The summed E-state index contributed by atoms with van der Waals surface area (Å²) >= 11 is 1.71. The molecule has 4 heteroatoms. The second-order valence-corrected chi connectivity index (χ2v) is 4.99. The van der Waals surface area contributed by atoms with Crippen molar-refractivity contribution in [2.45, 2.75) is 25.7 Å². The Kier molecular flexibility index (Phi) is 1.56. The second kappa shape index (κ2) is 2.67. The van der Waals surface area contributed by atoms with Gasteiger partial charge in [-0.2, -0.15) is 0 Å². The third-order valence-corrected chi connectivity index (χ3v) is 3.58. The molecule has 3 nitrogen and oxygen atoms in total. The molecule has 1 fully saturated rings. The summed E-state index contributed by atoms with van der Waals surface area (Å²) in [7, 11) is 0. The molecule has 2 aromatic heterocycles. The molecule has 0 saturated heterocycles.